The quantitative estimate of drug-likeness (QED) is 0.880. The standard InChI is InChI=1S/C15H13NO3S/c1-10-6-7-20-14(10)4-5-15(17)16-11-2-3-12-13(8-11)19-9-18-12/h2-8H,9H2,1H3,(H,16,17)/b5-4+. The van der Waals surface area contributed by atoms with Crippen molar-refractivity contribution in [2.24, 2.45) is 0 Å². The second kappa shape index (κ2) is 5.38. The Morgan fingerprint density at radius 3 is 2.95 bits per heavy atom. The van der Waals surface area contributed by atoms with Crippen LogP contribution in [-0.4, -0.2) is 12.7 Å². The van der Waals surface area contributed by atoms with E-state index in [1.165, 1.54) is 11.6 Å². The van der Waals surface area contributed by atoms with Crippen molar-refractivity contribution >= 4 is 29.0 Å². The summed E-state index contributed by atoms with van der Waals surface area (Å²) in [5.41, 5.74) is 1.86. The molecular formula is C15H13NO3S. The molecule has 0 saturated heterocycles. The number of amides is 1. The number of ether oxygens (including phenoxy) is 2. The monoisotopic (exact) mass is 287 g/mol. The predicted octanol–water partition coefficient (Wildman–Crippen LogP) is 3.44. The number of nitrogens with one attached hydrogen (secondary N) is 1. The SMILES string of the molecule is Cc1ccsc1/C=C/C(=O)Nc1ccc2c(c1)OCO2. The molecule has 0 unspecified atom stereocenters. The van der Waals surface area contributed by atoms with Gasteiger partial charge in [-0.3, -0.25) is 4.79 Å². The molecule has 20 heavy (non-hydrogen) atoms. The van der Waals surface area contributed by atoms with Crippen LogP contribution in [-0.2, 0) is 4.79 Å². The lowest BCUT2D eigenvalue weighted by molar-refractivity contribution is -0.111. The van der Waals surface area contributed by atoms with E-state index in [0.717, 1.165) is 4.88 Å². The Morgan fingerprint density at radius 1 is 1.30 bits per heavy atom. The third-order valence-electron chi connectivity index (χ3n) is 2.93. The Hall–Kier alpha value is -2.27. The van der Waals surface area contributed by atoms with Gasteiger partial charge >= 0.3 is 0 Å². The molecule has 1 amide bonds. The van der Waals surface area contributed by atoms with Crippen molar-refractivity contribution in [1.29, 1.82) is 0 Å². The van der Waals surface area contributed by atoms with E-state index in [1.54, 1.807) is 29.5 Å². The largest absolute Gasteiger partial charge is 0.454 e. The summed E-state index contributed by atoms with van der Waals surface area (Å²) in [6, 6.07) is 7.35. The molecule has 0 aliphatic carbocycles. The van der Waals surface area contributed by atoms with Crippen molar-refractivity contribution in [3.8, 4) is 11.5 Å². The third-order valence-corrected chi connectivity index (χ3v) is 3.91. The van der Waals surface area contributed by atoms with Crippen LogP contribution in [0, 0.1) is 6.92 Å². The number of carbonyl (C=O) groups is 1. The summed E-state index contributed by atoms with van der Waals surface area (Å²) in [4.78, 5) is 12.9. The molecule has 1 aliphatic rings. The highest BCUT2D eigenvalue weighted by Gasteiger charge is 2.13. The molecule has 0 spiro atoms. The Kier molecular flexibility index (Phi) is 3.43. The first-order valence-corrected chi connectivity index (χ1v) is 7.03. The predicted molar refractivity (Wildman–Crippen MR) is 79.3 cm³/mol. The molecule has 1 aromatic heterocycles. The first-order valence-electron chi connectivity index (χ1n) is 6.15. The summed E-state index contributed by atoms with van der Waals surface area (Å²) >= 11 is 1.61. The maximum Gasteiger partial charge on any atom is 0.248 e. The van der Waals surface area contributed by atoms with Gasteiger partial charge in [0.1, 0.15) is 0 Å². The normalized spacial score (nSPS) is 12.8. The van der Waals surface area contributed by atoms with Gasteiger partial charge in [0.05, 0.1) is 0 Å². The molecule has 2 aromatic rings. The van der Waals surface area contributed by atoms with Crippen molar-refractivity contribution in [3.63, 3.8) is 0 Å². The lowest BCUT2D eigenvalue weighted by Crippen LogP contribution is -2.07. The molecule has 0 fully saturated rings. The Balaban J connectivity index is 1.67. The van der Waals surface area contributed by atoms with Gasteiger partial charge in [-0.25, -0.2) is 0 Å². The second-order valence-electron chi connectivity index (χ2n) is 4.36. The van der Waals surface area contributed by atoms with Crippen LogP contribution in [0.2, 0.25) is 0 Å². The number of hydrogen-bond acceptors (Lipinski definition) is 4. The van der Waals surface area contributed by atoms with Gasteiger partial charge in [-0.15, -0.1) is 11.3 Å². The average Bonchev–Trinajstić information content (AvgIpc) is 3.04. The molecule has 102 valence electrons. The van der Waals surface area contributed by atoms with Crippen molar-refractivity contribution in [2.45, 2.75) is 6.92 Å². The van der Waals surface area contributed by atoms with E-state index in [1.807, 2.05) is 24.4 Å². The number of thiophene rings is 1. The molecule has 1 aromatic carbocycles. The third kappa shape index (κ3) is 2.67. The molecular weight excluding hydrogens is 274 g/mol. The topological polar surface area (TPSA) is 47.6 Å². The number of rotatable bonds is 3. The van der Waals surface area contributed by atoms with Gasteiger partial charge in [-0.05, 0) is 42.1 Å². The zero-order valence-corrected chi connectivity index (χ0v) is 11.7. The summed E-state index contributed by atoms with van der Waals surface area (Å²) in [6.07, 6.45) is 3.35. The van der Waals surface area contributed by atoms with E-state index in [9.17, 15) is 4.79 Å². The Bertz CT molecular complexity index is 676. The smallest absolute Gasteiger partial charge is 0.248 e. The van der Waals surface area contributed by atoms with Crippen LogP contribution in [0.25, 0.3) is 6.08 Å². The number of carbonyl (C=O) groups excluding carboxylic acids is 1. The van der Waals surface area contributed by atoms with Crippen LogP contribution in [0.1, 0.15) is 10.4 Å². The van der Waals surface area contributed by atoms with Gasteiger partial charge in [0.15, 0.2) is 11.5 Å². The fourth-order valence-electron chi connectivity index (χ4n) is 1.86. The molecule has 0 bridgehead atoms. The van der Waals surface area contributed by atoms with E-state index in [4.69, 9.17) is 9.47 Å². The Morgan fingerprint density at radius 2 is 2.15 bits per heavy atom. The fraction of sp³-hybridized carbons (Fsp3) is 0.133. The van der Waals surface area contributed by atoms with E-state index >= 15 is 0 Å². The second-order valence-corrected chi connectivity index (χ2v) is 5.31. The number of benzene rings is 1. The molecule has 2 heterocycles. The maximum absolute atomic E-state index is 11.9. The molecule has 1 N–H and O–H groups in total. The number of aryl methyl sites for hydroxylation is 1. The van der Waals surface area contributed by atoms with Crippen molar-refractivity contribution in [2.75, 3.05) is 12.1 Å². The highest BCUT2D eigenvalue weighted by atomic mass is 32.1. The first kappa shape index (κ1) is 12.7. The summed E-state index contributed by atoms with van der Waals surface area (Å²) in [7, 11) is 0. The van der Waals surface area contributed by atoms with Crippen molar-refractivity contribution in [1.82, 2.24) is 0 Å². The van der Waals surface area contributed by atoms with Crippen LogP contribution in [0.3, 0.4) is 0 Å². The number of fused-ring (bicyclic) bond motifs is 1. The summed E-state index contributed by atoms with van der Waals surface area (Å²) in [6.45, 7) is 2.25. The molecule has 4 nitrogen and oxygen atoms in total. The zero-order valence-electron chi connectivity index (χ0n) is 10.9. The van der Waals surface area contributed by atoms with Gasteiger partial charge in [0.2, 0.25) is 12.7 Å². The number of hydrogen-bond donors (Lipinski definition) is 1. The molecule has 0 saturated carbocycles. The number of anilines is 1. The molecule has 0 radical (unpaired) electrons. The van der Waals surface area contributed by atoms with Gasteiger partial charge in [0.25, 0.3) is 0 Å². The lowest BCUT2D eigenvalue weighted by atomic mass is 10.2. The minimum absolute atomic E-state index is 0.170. The molecule has 5 heteroatoms. The minimum Gasteiger partial charge on any atom is -0.454 e. The van der Waals surface area contributed by atoms with Crippen LogP contribution in [0.5, 0.6) is 11.5 Å². The molecule has 1 aliphatic heterocycles. The van der Waals surface area contributed by atoms with Crippen molar-refractivity contribution < 1.29 is 14.3 Å². The maximum atomic E-state index is 11.9. The summed E-state index contributed by atoms with van der Waals surface area (Å²) in [5.74, 6) is 1.19. The van der Waals surface area contributed by atoms with Crippen LogP contribution in [0.15, 0.2) is 35.7 Å². The highest BCUT2D eigenvalue weighted by molar-refractivity contribution is 7.11. The van der Waals surface area contributed by atoms with Gasteiger partial charge in [0, 0.05) is 22.7 Å². The zero-order chi connectivity index (χ0) is 13.9. The van der Waals surface area contributed by atoms with Gasteiger partial charge in [-0.2, -0.15) is 0 Å². The summed E-state index contributed by atoms with van der Waals surface area (Å²) < 4.78 is 10.5. The molecule has 0 atom stereocenters. The highest BCUT2D eigenvalue weighted by Crippen LogP contribution is 2.34. The van der Waals surface area contributed by atoms with E-state index in [0.29, 0.717) is 17.2 Å². The van der Waals surface area contributed by atoms with Crippen LogP contribution in [0.4, 0.5) is 5.69 Å². The van der Waals surface area contributed by atoms with E-state index in [2.05, 4.69) is 5.32 Å². The lowest BCUT2D eigenvalue weighted by Gasteiger charge is -2.03. The van der Waals surface area contributed by atoms with Gasteiger partial charge in [-0.1, -0.05) is 0 Å². The van der Waals surface area contributed by atoms with Crippen molar-refractivity contribution in [3.05, 3.63) is 46.2 Å². The van der Waals surface area contributed by atoms with Crippen LogP contribution < -0.4 is 14.8 Å². The van der Waals surface area contributed by atoms with Crippen LogP contribution >= 0.6 is 11.3 Å². The Labute approximate surface area is 120 Å². The van der Waals surface area contributed by atoms with E-state index < -0.39 is 0 Å². The fourth-order valence-corrected chi connectivity index (χ4v) is 2.68. The molecule has 3 rings (SSSR count). The average molecular weight is 287 g/mol. The van der Waals surface area contributed by atoms with E-state index in [-0.39, 0.29) is 12.7 Å². The minimum atomic E-state index is -0.170. The van der Waals surface area contributed by atoms with Gasteiger partial charge < -0.3 is 14.8 Å². The first-order chi connectivity index (χ1) is 9.72. The summed E-state index contributed by atoms with van der Waals surface area (Å²) in [5, 5.41) is 4.80.